The van der Waals surface area contributed by atoms with E-state index < -0.39 is 0 Å². The summed E-state index contributed by atoms with van der Waals surface area (Å²) in [4.78, 5) is 19.4. The van der Waals surface area contributed by atoms with E-state index in [1.807, 2.05) is 37.3 Å². The minimum Gasteiger partial charge on any atom is -0.321 e. The Kier molecular flexibility index (Phi) is 2.91. The summed E-state index contributed by atoms with van der Waals surface area (Å²) >= 11 is 1.66. The lowest BCUT2D eigenvalue weighted by atomic mass is 10.0. The Labute approximate surface area is 148 Å². The van der Waals surface area contributed by atoms with E-state index in [4.69, 9.17) is 0 Å². The van der Waals surface area contributed by atoms with E-state index in [1.165, 1.54) is 4.88 Å². The summed E-state index contributed by atoms with van der Waals surface area (Å²) in [5.74, 6) is -0.0624. The molecule has 0 aliphatic carbocycles. The zero-order valence-corrected chi connectivity index (χ0v) is 14.6. The normalized spacial score (nSPS) is 15.3. The lowest BCUT2D eigenvalue weighted by molar-refractivity contribution is -0.110. The average molecular weight is 345 g/mol. The molecule has 0 atom stereocenters. The number of anilines is 1. The zero-order valence-electron chi connectivity index (χ0n) is 13.8. The van der Waals surface area contributed by atoms with Crippen LogP contribution in [0.25, 0.3) is 27.4 Å². The first-order chi connectivity index (χ1) is 12.1. The number of thiazole rings is 1. The lowest BCUT2D eigenvalue weighted by Gasteiger charge is -2.04. The van der Waals surface area contributed by atoms with Gasteiger partial charge in [0.2, 0.25) is 0 Å². The number of rotatable bonds is 1. The molecule has 0 radical (unpaired) electrons. The van der Waals surface area contributed by atoms with Crippen LogP contribution in [0.1, 0.15) is 21.8 Å². The maximum atomic E-state index is 12.6. The number of hydrogen-bond donors (Lipinski definition) is 1. The molecule has 0 saturated heterocycles. The van der Waals surface area contributed by atoms with Gasteiger partial charge >= 0.3 is 0 Å². The molecule has 1 N–H and O–H groups in total. The van der Waals surface area contributed by atoms with Crippen molar-refractivity contribution in [2.75, 3.05) is 5.32 Å². The number of imidazole rings is 1. The summed E-state index contributed by atoms with van der Waals surface area (Å²) in [6, 6.07) is 12.2. The standard InChI is InChI=1S/C20H15N3OS/c1-11-10-23-17(12(2)21-20(23)25-11)9-16-15-8-7-13-5-3-4-6-14(13)18(15)22-19(16)24/h3-10H,1-2H3,(H,22,24)/b16-9+. The van der Waals surface area contributed by atoms with Crippen molar-refractivity contribution in [3.8, 4) is 0 Å². The Morgan fingerprint density at radius 3 is 2.88 bits per heavy atom. The molecule has 5 rings (SSSR count). The summed E-state index contributed by atoms with van der Waals surface area (Å²) in [7, 11) is 0. The Morgan fingerprint density at radius 1 is 1.16 bits per heavy atom. The van der Waals surface area contributed by atoms with Crippen molar-refractivity contribution < 1.29 is 4.79 Å². The van der Waals surface area contributed by atoms with Crippen molar-refractivity contribution in [3.63, 3.8) is 0 Å². The van der Waals surface area contributed by atoms with E-state index in [1.54, 1.807) is 11.3 Å². The van der Waals surface area contributed by atoms with E-state index in [2.05, 4.69) is 40.0 Å². The number of hydrogen-bond acceptors (Lipinski definition) is 3. The van der Waals surface area contributed by atoms with Gasteiger partial charge in [-0.25, -0.2) is 4.98 Å². The highest BCUT2D eigenvalue weighted by atomic mass is 32.1. The number of nitrogens with zero attached hydrogens (tertiary/aromatic N) is 2. The highest BCUT2D eigenvalue weighted by Crippen LogP contribution is 2.39. The van der Waals surface area contributed by atoms with Crippen molar-refractivity contribution in [2.24, 2.45) is 0 Å². The molecule has 0 saturated carbocycles. The number of carbonyl (C=O) groups excluding carboxylic acids is 1. The van der Waals surface area contributed by atoms with Gasteiger partial charge in [0.05, 0.1) is 22.6 Å². The van der Waals surface area contributed by atoms with Crippen molar-refractivity contribution in [1.82, 2.24) is 9.38 Å². The van der Waals surface area contributed by atoms with E-state index in [0.29, 0.717) is 5.57 Å². The molecule has 1 amide bonds. The van der Waals surface area contributed by atoms with E-state index in [9.17, 15) is 4.79 Å². The molecule has 1 aliphatic heterocycles. The molecule has 0 unspecified atom stereocenters. The second-order valence-electron chi connectivity index (χ2n) is 6.30. The van der Waals surface area contributed by atoms with E-state index >= 15 is 0 Å². The fourth-order valence-electron chi connectivity index (χ4n) is 3.47. The molecule has 0 bridgehead atoms. The monoisotopic (exact) mass is 345 g/mol. The largest absolute Gasteiger partial charge is 0.321 e. The second kappa shape index (κ2) is 5.04. The highest BCUT2D eigenvalue weighted by Gasteiger charge is 2.26. The Bertz CT molecular complexity index is 1210. The van der Waals surface area contributed by atoms with Crippen LogP contribution in [0.3, 0.4) is 0 Å². The first kappa shape index (κ1) is 14.4. The van der Waals surface area contributed by atoms with Crippen LogP contribution in [-0.2, 0) is 4.79 Å². The predicted octanol–water partition coefficient (Wildman–Crippen LogP) is 4.66. The fourth-order valence-corrected chi connectivity index (χ4v) is 4.35. The molecule has 3 heterocycles. The summed E-state index contributed by atoms with van der Waals surface area (Å²) in [5, 5.41) is 5.23. The summed E-state index contributed by atoms with van der Waals surface area (Å²) in [6.07, 6.45) is 4.03. The lowest BCUT2D eigenvalue weighted by Crippen LogP contribution is -2.04. The minimum atomic E-state index is -0.0624. The average Bonchev–Trinajstić information content (AvgIpc) is 3.20. The Hall–Kier alpha value is -2.92. The van der Waals surface area contributed by atoms with Gasteiger partial charge in [-0.15, -0.1) is 11.3 Å². The van der Waals surface area contributed by atoms with Crippen LogP contribution in [0.15, 0.2) is 42.6 Å². The topological polar surface area (TPSA) is 46.4 Å². The van der Waals surface area contributed by atoms with Crippen LogP contribution in [0, 0.1) is 13.8 Å². The van der Waals surface area contributed by atoms with Crippen LogP contribution in [-0.4, -0.2) is 15.3 Å². The first-order valence-electron chi connectivity index (χ1n) is 8.12. The van der Waals surface area contributed by atoms with Gasteiger partial charge in [-0.2, -0.15) is 0 Å². The molecule has 4 aromatic rings. The molecule has 0 spiro atoms. The van der Waals surface area contributed by atoms with E-state index in [-0.39, 0.29) is 5.91 Å². The third-order valence-corrected chi connectivity index (χ3v) is 5.54. The van der Waals surface area contributed by atoms with Gasteiger partial charge < -0.3 is 5.32 Å². The van der Waals surface area contributed by atoms with Crippen molar-refractivity contribution in [3.05, 3.63) is 64.4 Å². The first-order valence-corrected chi connectivity index (χ1v) is 8.94. The highest BCUT2D eigenvalue weighted by molar-refractivity contribution is 7.17. The van der Waals surface area contributed by atoms with Crippen molar-refractivity contribution in [2.45, 2.75) is 13.8 Å². The predicted molar refractivity (Wildman–Crippen MR) is 103 cm³/mol. The molecule has 2 aromatic carbocycles. The van der Waals surface area contributed by atoms with Crippen LogP contribution >= 0.6 is 11.3 Å². The number of carbonyl (C=O) groups is 1. The number of benzene rings is 2. The van der Waals surface area contributed by atoms with E-state index in [0.717, 1.165) is 38.4 Å². The number of nitrogens with one attached hydrogen (secondary N) is 1. The SMILES string of the molecule is Cc1cn2c(/C=C3/C(=O)Nc4c3ccc3ccccc43)c(C)nc2s1. The van der Waals surface area contributed by atoms with Crippen LogP contribution in [0.4, 0.5) is 5.69 Å². The zero-order chi connectivity index (χ0) is 17.1. The fraction of sp³-hybridized carbons (Fsp3) is 0.100. The summed E-state index contributed by atoms with van der Waals surface area (Å²) < 4.78 is 2.06. The van der Waals surface area contributed by atoms with Crippen molar-refractivity contribution >= 4 is 50.3 Å². The molecule has 122 valence electrons. The second-order valence-corrected chi connectivity index (χ2v) is 7.51. The van der Waals surface area contributed by atoms with Gasteiger partial charge in [0.25, 0.3) is 5.91 Å². The van der Waals surface area contributed by atoms with Gasteiger partial charge in [-0.05, 0) is 25.3 Å². The van der Waals surface area contributed by atoms with Crippen molar-refractivity contribution in [1.29, 1.82) is 0 Å². The Morgan fingerprint density at radius 2 is 2.00 bits per heavy atom. The molecule has 5 heteroatoms. The summed E-state index contributed by atoms with van der Waals surface area (Å²) in [6.45, 7) is 4.05. The van der Waals surface area contributed by atoms with Gasteiger partial charge in [-0.3, -0.25) is 9.20 Å². The third kappa shape index (κ3) is 2.06. The number of aromatic nitrogens is 2. The maximum Gasteiger partial charge on any atom is 0.256 e. The molecular formula is C20H15N3OS. The molecule has 1 aliphatic rings. The number of aryl methyl sites for hydroxylation is 2. The number of amides is 1. The van der Waals surface area contributed by atoms with Crippen LogP contribution in [0.2, 0.25) is 0 Å². The van der Waals surface area contributed by atoms with Gasteiger partial charge in [0.1, 0.15) is 0 Å². The minimum absolute atomic E-state index is 0.0624. The smallest absolute Gasteiger partial charge is 0.256 e. The number of fused-ring (bicyclic) bond motifs is 4. The van der Waals surface area contributed by atoms with Gasteiger partial charge in [0, 0.05) is 22.0 Å². The molecular weight excluding hydrogens is 330 g/mol. The molecule has 0 fully saturated rings. The quantitative estimate of drug-likeness (QED) is 0.510. The van der Waals surface area contributed by atoms with Crippen LogP contribution in [0.5, 0.6) is 0 Å². The molecule has 2 aromatic heterocycles. The maximum absolute atomic E-state index is 12.6. The summed E-state index contributed by atoms with van der Waals surface area (Å²) in [5.41, 5.74) is 4.43. The van der Waals surface area contributed by atoms with Gasteiger partial charge in [0.15, 0.2) is 4.96 Å². The third-order valence-electron chi connectivity index (χ3n) is 4.65. The molecule has 25 heavy (non-hydrogen) atoms. The van der Waals surface area contributed by atoms with Gasteiger partial charge in [-0.1, -0.05) is 36.4 Å². The molecule has 4 nitrogen and oxygen atoms in total. The van der Waals surface area contributed by atoms with Crippen LogP contribution < -0.4 is 5.32 Å². The Balaban J connectivity index is 1.75.